The lowest BCUT2D eigenvalue weighted by atomic mass is 10.3. The van der Waals surface area contributed by atoms with Crippen LogP contribution in [0.1, 0.15) is 19.8 Å². The van der Waals surface area contributed by atoms with Crippen LogP contribution in [-0.4, -0.2) is 22.9 Å². The molecule has 2 nitrogen and oxygen atoms in total. The maximum absolute atomic E-state index is 8.72. The number of hydrogen-bond acceptors (Lipinski definition) is 2. The summed E-state index contributed by atoms with van der Waals surface area (Å²) >= 11 is 0. The fourth-order valence-electron chi connectivity index (χ4n) is 0.477. The van der Waals surface area contributed by atoms with Gasteiger partial charge in [0, 0.05) is 13.0 Å². The van der Waals surface area contributed by atoms with E-state index in [0.29, 0.717) is 12.8 Å². The molecule has 0 radical (unpaired) electrons. The van der Waals surface area contributed by atoms with Gasteiger partial charge in [-0.05, 0) is 37.0 Å². The highest BCUT2D eigenvalue weighted by atomic mass is 16.3. The third-order valence-corrected chi connectivity index (χ3v) is 1.02. The molecule has 0 rings (SSSR count). The molecule has 0 aromatic heterocycles. The summed E-state index contributed by atoms with van der Waals surface area (Å²) in [7, 11) is 0. The number of aliphatic hydroxyl groups excluding tert-OH is 2. The van der Waals surface area contributed by atoms with Crippen molar-refractivity contribution in [3.63, 3.8) is 0 Å². The highest BCUT2D eigenvalue weighted by Gasteiger charge is 1.79. The number of unbranched alkanes of at least 4 members (excludes halogenated alkanes) is 1. The Morgan fingerprint density at radius 1 is 1.15 bits per heavy atom. The van der Waals surface area contributed by atoms with Crippen LogP contribution in [0.3, 0.4) is 0 Å². The molecular formula is C11H12O2. The number of aliphatic hydroxyl groups is 2. The summed E-state index contributed by atoms with van der Waals surface area (Å²) < 4.78 is 0. The van der Waals surface area contributed by atoms with Crippen LogP contribution in [0.2, 0.25) is 0 Å². The zero-order valence-electron chi connectivity index (χ0n) is 7.59. The molecule has 2 heteroatoms. The number of hydrogen-bond donors (Lipinski definition) is 2. The lowest BCUT2D eigenvalue weighted by molar-refractivity contribution is 0.253. The maximum atomic E-state index is 8.72. The van der Waals surface area contributed by atoms with Crippen molar-refractivity contribution in [2.45, 2.75) is 25.9 Å². The molecule has 1 unspecified atom stereocenters. The first kappa shape index (κ1) is 11.6. The fourth-order valence-corrected chi connectivity index (χ4v) is 0.477. The second-order valence-electron chi connectivity index (χ2n) is 2.32. The standard InChI is InChI=1S/C11H12O2/c1-11(13)9-7-5-3-2-4-6-8-10-12/h11-13H,6,8,10H2,1H3. The monoisotopic (exact) mass is 176 g/mol. The van der Waals surface area contributed by atoms with E-state index in [0.717, 1.165) is 0 Å². The van der Waals surface area contributed by atoms with Crippen LogP contribution in [0, 0.1) is 35.5 Å². The van der Waals surface area contributed by atoms with Crippen LogP contribution >= 0.6 is 0 Å². The Morgan fingerprint density at radius 3 is 2.46 bits per heavy atom. The topological polar surface area (TPSA) is 40.5 Å². The molecule has 13 heavy (non-hydrogen) atoms. The van der Waals surface area contributed by atoms with Crippen LogP contribution in [0.4, 0.5) is 0 Å². The molecule has 2 N–H and O–H groups in total. The molecule has 0 aliphatic rings. The molecule has 1 atom stereocenters. The molecule has 0 spiro atoms. The van der Waals surface area contributed by atoms with Crippen LogP contribution in [0.5, 0.6) is 0 Å². The summed E-state index contributed by atoms with van der Waals surface area (Å²) in [5.74, 6) is 15.3. The van der Waals surface area contributed by atoms with Gasteiger partial charge in [-0.15, -0.1) is 0 Å². The van der Waals surface area contributed by atoms with Gasteiger partial charge >= 0.3 is 0 Å². The molecule has 0 fully saturated rings. The van der Waals surface area contributed by atoms with E-state index in [9.17, 15) is 0 Å². The Morgan fingerprint density at radius 2 is 1.85 bits per heavy atom. The first-order valence-electron chi connectivity index (χ1n) is 4.04. The third-order valence-electron chi connectivity index (χ3n) is 1.02. The lowest BCUT2D eigenvalue weighted by Gasteiger charge is -1.82. The minimum absolute atomic E-state index is 0.157. The zero-order chi connectivity index (χ0) is 9.94. The quantitative estimate of drug-likeness (QED) is 0.464. The van der Waals surface area contributed by atoms with Gasteiger partial charge in [0.15, 0.2) is 0 Å². The average Bonchev–Trinajstić information content (AvgIpc) is 2.09. The third kappa shape index (κ3) is 10.6. The molecule has 0 aliphatic carbocycles. The highest BCUT2D eigenvalue weighted by Crippen LogP contribution is 1.81. The van der Waals surface area contributed by atoms with E-state index in [-0.39, 0.29) is 6.61 Å². The molecule has 0 amide bonds. The van der Waals surface area contributed by atoms with Gasteiger partial charge in [-0.3, -0.25) is 0 Å². The number of rotatable bonds is 2. The Bertz CT molecular complexity index is 296. The molecule has 0 saturated heterocycles. The van der Waals surface area contributed by atoms with Crippen molar-refractivity contribution in [1.82, 2.24) is 0 Å². The van der Waals surface area contributed by atoms with Gasteiger partial charge < -0.3 is 10.2 Å². The molecule has 0 aromatic rings. The average molecular weight is 176 g/mol. The van der Waals surface area contributed by atoms with Gasteiger partial charge in [0.05, 0.1) is 0 Å². The lowest BCUT2D eigenvalue weighted by Crippen LogP contribution is -1.91. The zero-order valence-corrected chi connectivity index (χ0v) is 7.59. The van der Waals surface area contributed by atoms with Gasteiger partial charge in [0.2, 0.25) is 0 Å². The molecule has 0 saturated carbocycles. The van der Waals surface area contributed by atoms with Crippen LogP contribution in [0.15, 0.2) is 0 Å². The van der Waals surface area contributed by atoms with Crippen molar-refractivity contribution in [2.24, 2.45) is 0 Å². The Balaban J connectivity index is 3.72. The van der Waals surface area contributed by atoms with Crippen molar-refractivity contribution >= 4 is 0 Å². The SMILES string of the molecule is CC(O)C#CC#CC#CCCCO. The predicted molar refractivity (Wildman–Crippen MR) is 51.3 cm³/mol. The van der Waals surface area contributed by atoms with Crippen LogP contribution in [-0.2, 0) is 0 Å². The van der Waals surface area contributed by atoms with E-state index in [4.69, 9.17) is 10.2 Å². The predicted octanol–water partition coefficient (Wildman–Crippen LogP) is 0.150. The first-order chi connectivity index (χ1) is 6.27. The fraction of sp³-hybridized carbons (Fsp3) is 0.455. The largest absolute Gasteiger partial charge is 0.396 e. The molecule has 0 bridgehead atoms. The molecular weight excluding hydrogens is 164 g/mol. The van der Waals surface area contributed by atoms with Crippen molar-refractivity contribution < 1.29 is 10.2 Å². The summed E-state index contributed by atoms with van der Waals surface area (Å²) in [6.45, 7) is 1.73. The van der Waals surface area contributed by atoms with E-state index in [1.807, 2.05) is 0 Å². The Hall–Kier alpha value is -1.40. The van der Waals surface area contributed by atoms with Gasteiger partial charge in [-0.25, -0.2) is 0 Å². The minimum atomic E-state index is -0.642. The summed E-state index contributed by atoms with van der Waals surface area (Å²) in [6.07, 6.45) is 0.680. The molecule has 68 valence electrons. The summed E-state index contributed by atoms with van der Waals surface area (Å²) in [6, 6.07) is 0. The maximum Gasteiger partial charge on any atom is 0.112 e. The molecule has 0 heterocycles. The van der Waals surface area contributed by atoms with Gasteiger partial charge in [0.25, 0.3) is 0 Å². The van der Waals surface area contributed by atoms with Gasteiger partial charge in [0.1, 0.15) is 6.10 Å². The summed E-state index contributed by atoms with van der Waals surface area (Å²) in [5.41, 5.74) is 0. The first-order valence-corrected chi connectivity index (χ1v) is 4.04. The van der Waals surface area contributed by atoms with Crippen molar-refractivity contribution in [3.8, 4) is 35.5 Å². The second-order valence-corrected chi connectivity index (χ2v) is 2.32. The Labute approximate surface area is 79.0 Å². The van der Waals surface area contributed by atoms with Gasteiger partial charge in [-0.1, -0.05) is 11.8 Å². The van der Waals surface area contributed by atoms with E-state index < -0.39 is 6.10 Å². The smallest absolute Gasteiger partial charge is 0.112 e. The summed E-state index contributed by atoms with van der Waals surface area (Å²) in [4.78, 5) is 0. The molecule has 0 aliphatic heterocycles. The van der Waals surface area contributed by atoms with E-state index in [1.54, 1.807) is 6.92 Å². The van der Waals surface area contributed by atoms with Crippen LogP contribution < -0.4 is 0 Å². The van der Waals surface area contributed by atoms with Crippen molar-refractivity contribution in [2.75, 3.05) is 6.61 Å². The Kier molecular flexibility index (Phi) is 7.76. The second kappa shape index (κ2) is 8.69. The van der Waals surface area contributed by atoms with Crippen molar-refractivity contribution in [3.05, 3.63) is 0 Å². The van der Waals surface area contributed by atoms with Crippen molar-refractivity contribution in [1.29, 1.82) is 0 Å². The minimum Gasteiger partial charge on any atom is -0.396 e. The van der Waals surface area contributed by atoms with E-state index in [2.05, 4.69) is 35.5 Å². The van der Waals surface area contributed by atoms with Crippen LogP contribution in [0.25, 0.3) is 0 Å². The summed E-state index contributed by atoms with van der Waals surface area (Å²) in [5, 5.41) is 17.1. The van der Waals surface area contributed by atoms with Gasteiger partial charge in [-0.2, -0.15) is 0 Å². The normalized spacial score (nSPS) is 9.46. The van der Waals surface area contributed by atoms with E-state index >= 15 is 0 Å². The molecule has 0 aromatic carbocycles. The van der Waals surface area contributed by atoms with E-state index in [1.165, 1.54) is 0 Å². The highest BCUT2D eigenvalue weighted by molar-refractivity contribution is 5.35.